The molecule has 0 aliphatic heterocycles. The maximum Gasteiger partial charge on any atom is 0.0201 e. The van der Waals surface area contributed by atoms with Crippen molar-refractivity contribution in [2.45, 2.75) is 26.3 Å². The summed E-state index contributed by atoms with van der Waals surface area (Å²) in [4.78, 5) is 0. The highest BCUT2D eigenvalue weighted by Gasteiger charge is 2.03. The van der Waals surface area contributed by atoms with Gasteiger partial charge in [-0.1, -0.05) is 0 Å². The minimum absolute atomic E-state index is 0.208. The smallest absolute Gasteiger partial charge is 0.0201 e. The van der Waals surface area contributed by atoms with Crippen LogP contribution < -0.4 is 4.34 Å². The lowest BCUT2D eigenvalue weighted by molar-refractivity contribution is 0.543. The molecule has 0 atom stereocenters. The normalized spacial score (nSPS) is 12.0. The molecule has 0 bridgehead atoms. The lowest BCUT2D eigenvalue weighted by Crippen LogP contribution is -2.26. The fourth-order valence-electron chi connectivity index (χ4n) is 0. The topological polar surface area (TPSA) is 12.0 Å². The summed E-state index contributed by atoms with van der Waals surface area (Å²) in [6, 6.07) is 0. The van der Waals surface area contributed by atoms with Crippen molar-refractivity contribution in [2.75, 3.05) is 0 Å². The first-order valence-corrected chi connectivity index (χ1v) is 2.73. The summed E-state index contributed by atoms with van der Waals surface area (Å²) < 4.78 is 2.92. The van der Waals surface area contributed by atoms with E-state index in [1.54, 1.807) is 0 Å². The molecule has 0 heterocycles. The molecule has 6 heavy (non-hydrogen) atoms. The Bertz CT molecular complexity index is 37.3. The molecule has 1 N–H and O–H groups in total. The third-order valence-corrected chi connectivity index (χ3v) is 1.47. The van der Waals surface area contributed by atoms with Crippen LogP contribution in [0.15, 0.2) is 0 Å². The third kappa shape index (κ3) is 4.44. The summed E-state index contributed by atoms with van der Waals surface area (Å²) in [5, 5.41) is 0. The van der Waals surface area contributed by atoms with Crippen molar-refractivity contribution in [1.82, 2.24) is 4.34 Å². The maximum atomic E-state index is 3.12. The summed E-state index contributed by atoms with van der Waals surface area (Å²) in [6.07, 6.45) is 0. The Morgan fingerprint density at radius 3 is 1.50 bits per heavy atom. The van der Waals surface area contributed by atoms with Crippen LogP contribution in [-0.4, -0.2) is 5.54 Å². The van der Waals surface area contributed by atoms with Crippen LogP contribution in [0.3, 0.4) is 0 Å². The van der Waals surface area contributed by atoms with Crippen molar-refractivity contribution in [3.63, 3.8) is 0 Å². The number of rotatable bonds is 0. The van der Waals surface area contributed by atoms with Crippen molar-refractivity contribution < 1.29 is 0 Å². The van der Waals surface area contributed by atoms with Crippen LogP contribution >= 0.6 is 16.1 Å². The quantitative estimate of drug-likeness (QED) is 0.520. The minimum atomic E-state index is 0.208. The van der Waals surface area contributed by atoms with Gasteiger partial charge in [-0.2, -0.15) is 0 Å². The molecule has 0 aromatic heterocycles. The molecular weight excluding hydrogens is 142 g/mol. The second kappa shape index (κ2) is 1.94. The van der Waals surface area contributed by atoms with Crippen molar-refractivity contribution in [1.29, 1.82) is 0 Å². The molecular formula is C4H10BrN. The zero-order valence-electron chi connectivity index (χ0n) is 4.38. The van der Waals surface area contributed by atoms with E-state index in [-0.39, 0.29) is 5.54 Å². The monoisotopic (exact) mass is 151 g/mol. The molecule has 0 fully saturated rings. The molecule has 1 nitrogen and oxygen atoms in total. The fourth-order valence-corrected chi connectivity index (χ4v) is 0. The van der Waals surface area contributed by atoms with Crippen LogP contribution in [0.1, 0.15) is 20.8 Å². The molecule has 0 aliphatic carbocycles. The van der Waals surface area contributed by atoms with Gasteiger partial charge in [0.2, 0.25) is 0 Å². The van der Waals surface area contributed by atoms with Crippen LogP contribution in [0.4, 0.5) is 0 Å². The van der Waals surface area contributed by atoms with Crippen molar-refractivity contribution in [3.05, 3.63) is 0 Å². The van der Waals surface area contributed by atoms with Gasteiger partial charge in [-0.3, -0.25) is 4.34 Å². The Balaban J connectivity index is 3.17. The minimum Gasteiger partial charge on any atom is -0.251 e. The lowest BCUT2D eigenvalue weighted by atomic mass is 10.1. The van der Waals surface area contributed by atoms with Gasteiger partial charge in [0, 0.05) is 21.7 Å². The predicted octanol–water partition coefficient (Wildman–Crippen LogP) is 1.68. The van der Waals surface area contributed by atoms with Gasteiger partial charge in [-0.05, 0) is 20.8 Å². The standard InChI is InChI=1S/C4H10BrN/c1-4(2,3)6-5/h6H,1-3H3. The van der Waals surface area contributed by atoms with Crippen molar-refractivity contribution >= 4 is 16.1 Å². The van der Waals surface area contributed by atoms with Crippen LogP contribution in [0, 0.1) is 0 Å². The van der Waals surface area contributed by atoms with Crippen LogP contribution in [-0.2, 0) is 0 Å². The van der Waals surface area contributed by atoms with Gasteiger partial charge in [0.05, 0.1) is 0 Å². The van der Waals surface area contributed by atoms with Gasteiger partial charge in [-0.25, -0.2) is 0 Å². The van der Waals surface area contributed by atoms with E-state index in [1.165, 1.54) is 0 Å². The summed E-state index contributed by atoms with van der Waals surface area (Å²) >= 11 is 3.12. The molecule has 0 saturated carbocycles. The first kappa shape index (κ1) is 6.44. The first-order chi connectivity index (χ1) is 2.56. The number of hydrogen-bond acceptors (Lipinski definition) is 1. The molecule has 0 aromatic rings. The number of hydrogen-bond donors (Lipinski definition) is 1. The highest BCUT2D eigenvalue weighted by molar-refractivity contribution is 9.08. The van der Waals surface area contributed by atoms with Gasteiger partial charge in [0.15, 0.2) is 0 Å². The largest absolute Gasteiger partial charge is 0.251 e. The Labute approximate surface area is 47.5 Å². The molecule has 38 valence electrons. The predicted molar refractivity (Wildman–Crippen MR) is 31.8 cm³/mol. The van der Waals surface area contributed by atoms with Gasteiger partial charge < -0.3 is 0 Å². The van der Waals surface area contributed by atoms with E-state index in [9.17, 15) is 0 Å². The van der Waals surface area contributed by atoms with E-state index in [0.29, 0.717) is 0 Å². The van der Waals surface area contributed by atoms with E-state index in [0.717, 1.165) is 0 Å². The van der Waals surface area contributed by atoms with Crippen LogP contribution in [0.2, 0.25) is 0 Å². The zero-order valence-corrected chi connectivity index (χ0v) is 5.96. The van der Waals surface area contributed by atoms with E-state index >= 15 is 0 Å². The SMILES string of the molecule is CC(C)(C)NBr. The average molecular weight is 152 g/mol. The van der Waals surface area contributed by atoms with E-state index in [1.807, 2.05) is 0 Å². The van der Waals surface area contributed by atoms with E-state index in [4.69, 9.17) is 0 Å². The number of nitrogens with one attached hydrogen (secondary N) is 1. The summed E-state index contributed by atoms with van der Waals surface area (Å²) in [5.74, 6) is 0. The number of halogens is 1. The highest BCUT2D eigenvalue weighted by atomic mass is 79.9. The molecule has 0 aromatic carbocycles. The Morgan fingerprint density at radius 2 is 1.50 bits per heavy atom. The first-order valence-electron chi connectivity index (χ1n) is 1.94. The molecule has 0 spiro atoms. The highest BCUT2D eigenvalue weighted by Crippen LogP contribution is 1.98. The molecule has 0 amide bonds. The molecule has 2 heteroatoms. The lowest BCUT2D eigenvalue weighted by Gasteiger charge is -2.13. The molecule has 0 rings (SSSR count). The van der Waals surface area contributed by atoms with Crippen molar-refractivity contribution in [2.24, 2.45) is 0 Å². The maximum absolute atomic E-state index is 3.12. The van der Waals surface area contributed by atoms with Gasteiger partial charge >= 0.3 is 0 Å². The summed E-state index contributed by atoms with van der Waals surface area (Å²) in [7, 11) is 0. The molecule has 0 radical (unpaired) electrons. The second-order valence-corrected chi connectivity index (χ2v) is 2.74. The van der Waals surface area contributed by atoms with Gasteiger partial charge in [0.1, 0.15) is 0 Å². The fraction of sp³-hybridized carbons (Fsp3) is 1.00. The van der Waals surface area contributed by atoms with Gasteiger partial charge in [0.25, 0.3) is 0 Å². The Morgan fingerprint density at radius 1 is 1.33 bits per heavy atom. The Kier molecular flexibility index (Phi) is 2.08. The van der Waals surface area contributed by atoms with E-state index in [2.05, 4.69) is 41.3 Å². The van der Waals surface area contributed by atoms with Crippen LogP contribution in [0.5, 0.6) is 0 Å². The summed E-state index contributed by atoms with van der Waals surface area (Å²) in [6.45, 7) is 6.26. The average Bonchev–Trinajstić information content (AvgIpc) is 1.35. The molecule has 0 unspecified atom stereocenters. The third-order valence-electron chi connectivity index (χ3n) is 0.283. The molecule has 0 saturated heterocycles. The van der Waals surface area contributed by atoms with Crippen LogP contribution in [0.25, 0.3) is 0 Å². The van der Waals surface area contributed by atoms with E-state index < -0.39 is 0 Å². The van der Waals surface area contributed by atoms with Gasteiger partial charge in [-0.15, -0.1) is 0 Å². The van der Waals surface area contributed by atoms with Crippen molar-refractivity contribution in [3.8, 4) is 0 Å². The Hall–Kier alpha value is 0.440. The second-order valence-electron chi connectivity index (χ2n) is 2.34. The summed E-state index contributed by atoms with van der Waals surface area (Å²) in [5.41, 5.74) is 0.208. The zero-order chi connectivity index (χ0) is 5.21. The molecule has 0 aliphatic rings.